The summed E-state index contributed by atoms with van der Waals surface area (Å²) in [5.74, 6) is -0.476. The van der Waals surface area contributed by atoms with E-state index in [0.29, 0.717) is 6.54 Å². The minimum Gasteiger partial charge on any atom is -0.351 e. The van der Waals surface area contributed by atoms with Gasteiger partial charge in [0.2, 0.25) is 5.91 Å². The molecule has 1 atom stereocenters. The lowest BCUT2D eigenvalue weighted by molar-refractivity contribution is -0.120. The van der Waals surface area contributed by atoms with E-state index in [4.69, 9.17) is 0 Å². The molecule has 0 aromatic heterocycles. The van der Waals surface area contributed by atoms with Crippen LogP contribution in [0.5, 0.6) is 0 Å². The van der Waals surface area contributed by atoms with E-state index in [9.17, 15) is 13.2 Å². The highest BCUT2D eigenvalue weighted by Gasteiger charge is 2.22. The first-order valence-electron chi connectivity index (χ1n) is 5.01. The van der Waals surface area contributed by atoms with Crippen molar-refractivity contribution in [3.8, 4) is 0 Å². The number of benzene rings is 1. The van der Waals surface area contributed by atoms with Crippen LogP contribution < -0.4 is 5.32 Å². The molecule has 0 radical (unpaired) electrons. The van der Waals surface area contributed by atoms with Gasteiger partial charge in [0.25, 0.3) is 0 Å². The maximum absolute atomic E-state index is 11.5. The summed E-state index contributed by atoms with van der Waals surface area (Å²) < 4.78 is 23.3. The standard InChI is InChI=1S/C11H14BrNO3S/c1-8(17(2,15)16)11(14)13-7-9-3-5-10(12)6-4-9/h3-6,8H,7H2,1-2H3,(H,13,14). The number of amides is 1. The Bertz CT molecular complexity index is 496. The number of rotatable bonds is 4. The van der Waals surface area contributed by atoms with Gasteiger partial charge in [-0.25, -0.2) is 8.42 Å². The van der Waals surface area contributed by atoms with Crippen molar-refractivity contribution in [3.05, 3.63) is 34.3 Å². The molecular weight excluding hydrogens is 306 g/mol. The van der Waals surface area contributed by atoms with E-state index in [0.717, 1.165) is 16.3 Å². The van der Waals surface area contributed by atoms with Crippen molar-refractivity contribution in [2.75, 3.05) is 6.26 Å². The summed E-state index contributed by atoms with van der Waals surface area (Å²) >= 11 is 3.31. The van der Waals surface area contributed by atoms with Gasteiger partial charge in [-0.2, -0.15) is 0 Å². The van der Waals surface area contributed by atoms with Crippen molar-refractivity contribution in [1.29, 1.82) is 0 Å². The number of carbonyl (C=O) groups is 1. The molecule has 0 saturated heterocycles. The van der Waals surface area contributed by atoms with E-state index < -0.39 is 21.0 Å². The van der Waals surface area contributed by atoms with Crippen LogP contribution in [0.3, 0.4) is 0 Å². The van der Waals surface area contributed by atoms with Gasteiger partial charge in [0.05, 0.1) is 0 Å². The summed E-state index contributed by atoms with van der Waals surface area (Å²) in [4.78, 5) is 11.5. The topological polar surface area (TPSA) is 63.2 Å². The van der Waals surface area contributed by atoms with E-state index >= 15 is 0 Å². The van der Waals surface area contributed by atoms with Gasteiger partial charge >= 0.3 is 0 Å². The zero-order valence-corrected chi connectivity index (χ0v) is 12.0. The van der Waals surface area contributed by atoms with Gasteiger partial charge in [0.15, 0.2) is 9.84 Å². The fraction of sp³-hybridized carbons (Fsp3) is 0.364. The Morgan fingerprint density at radius 2 is 1.88 bits per heavy atom. The lowest BCUT2D eigenvalue weighted by Gasteiger charge is -2.10. The first-order chi connectivity index (χ1) is 7.80. The van der Waals surface area contributed by atoms with Crippen LogP contribution >= 0.6 is 15.9 Å². The van der Waals surface area contributed by atoms with Crippen LogP contribution in [-0.2, 0) is 21.2 Å². The van der Waals surface area contributed by atoms with Crippen molar-refractivity contribution >= 4 is 31.7 Å². The first-order valence-corrected chi connectivity index (χ1v) is 7.76. The first kappa shape index (κ1) is 14.2. The zero-order valence-electron chi connectivity index (χ0n) is 9.60. The Balaban J connectivity index is 2.57. The van der Waals surface area contributed by atoms with Gasteiger partial charge in [-0.05, 0) is 24.6 Å². The second-order valence-electron chi connectivity index (χ2n) is 3.82. The smallest absolute Gasteiger partial charge is 0.238 e. The fourth-order valence-electron chi connectivity index (χ4n) is 1.13. The third-order valence-corrected chi connectivity index (χ3v) is 4.42. The third kappa shape index (κ3) is 4.47. The molecule has 0 aliphatic carbocycles. The second kappa shape index (κ2) is 5.64. The summed E-state index contributed by atoms with van der Waals surface area (Å²) in [5, 5.41) is 1.58. The largest absolute Gasteiger partial charge is 0.351 e. The van der Waals surface area contributed by atoms with Crippen LogP contribution in [0.4, 0.5) is 0 Å². The van der Waals surface area contributed by atoms with Crippen molar-refractivity contribution in [2.24, 2.45) is 0 Å². The highest BCUT2D eigenvalue weighted by Crippen LogP contribution is 2.10. The molecule has 6 heteroatoms. The molecule has 1 N–H and O–H groups in total. The summed E-state index contributed by atoms with van der Waals surface area (Å²) in [6.45, 7) is 1.71. The molecule has 0 saturated carbocycles. The quantitative estimate of drug-likeness (QED) is 0.914. The minimum absolute atomic E-state index is 0.325. The maximum Gasteiger partial charge on any atom is 0.238 e. The van der Waals surface area contributed by atoms with Crippen LogP contribution in [0, 0.1) is 0 Å². The monoisotopic (exact) mass is 319 g/mol. The van der Waals surface area contributed by atoms with E-state index in [-0.39, 0.29) is 0 Å². The van der Waals surface area contributed by atoms with Gasteiger partial charge in [-0.15, -0.1) is 0 Å². The molecule has 1 aromatic rings. The molecule has 1 amide bonds. The van der Waals surface area contributed by atoms with Crippen molar-refractivity contribution in [3.63, 3.8) is 0 Å². The van der Waals surface area contributed by atoms with Gasteiger partial charge < -0.3 is 5.32 Å². The maximum atomic E-state index is 11.5. The molecule has 0 heterocycles. The average molecular weight is 320 g/mol. The lowest BCUT2D eigenvalue weighted by Crippen LogP contribution is -2.36. The molecule has 0 aliphatic rings. The normalized spacial score (nSPS) is 13.1. The van der Waals surface area contributed by atoms with E-state index in [1.54, 1.807) is 0 Å². The Morgan fingerprint density at radius 3 is 2.35 bits per heavy atom. The van der Waals surface area contributed by atoms with Gasteiger partial charge in [-0.3, -0.25) is 4.79 Å². The van der Waals surface area contributed by atoms with E-state index in [1.807, 2.05) is 24.3 Å². The van der Waals surface area contributed by atoms with E-state index in [2.05, 4.69) is 21.2 Å². The Hall–Kier alpha value is -0.880. The number of carbonyl (C=O) groups excluding carboxylic acids is 1. The predicted octanol–water partition coefficient (Wildman–Crippen LogP) is 1.50. The molecule has 0 aliphatic heterocycles. The molecule has 0 spiro atoms. The van der Waals surface area contributed by atoms with Gasteiger partial charge in [0, 0.05) is 17.3 Å². The Kier molecular flexibility index (Phi) is 4.70. The molecule has 94 valence electrons. The number of halogens is 1. The summed E-state index contributed by atoms with van der Waals surface area (Å²) in [6.07, 6.45) is 1.05. The van der Waals surface area contributed by atoms with Crippen LogP contribution in [0.1, 0.15) is 12.5 Å². The SMILES string of the molecule is CC(C(=O)NCc1ccc(Br)cc1)S(C)(=O)=O. The molecule has 17 heavy (non-hydrogen) atoms. The van der Waals surface area contributed by atoms with E-state index in [1.165, 1.54) is 6.92 Å². The zero-order chi connectivity index (χ0) is 13.1. The average Bonchev–Trinajstić information content (AvgIpc) is 2.25. The molecule has 1 aromatic carbocycles. The lowest BCUT2D eigenvalue weighted by atomic mass is 10.2. The minimum atomic E-state index is -3.33. The van der Waals surface area contributed by atoms with Crippen LogP contribution in [0.2, 0.25) is 0 Å². The number of hydrogen-bond donors (Lipinski definition) is 1. The third-order valence-electron chi connectivity index (χ3n) is 2.39. The summed E-state index contributed by atoms with van der Waals surface area (Å²) in [7, 11) is -3.33. The van der Waals surface area contributed by atoms with Gasteiger partial charge in [0.1, 0.15) is 5.25 Å². The molecular formula is C11H14BrNO3S. The molecule has 4 nitrogen and oxygen atoms in total. The molecule has 1 rings (SSSR count). The van der Waals surface area contributed by atoms with Crippen molar-refractivity contribution < 1.29 is 13.2 Å². The number of nitrogens with one attached hydrogen (secondary N) is 1. The van der Waals surface area contributed by atoms with Crippen LogP contribution in [0.15, 0.2) is 28.7 Å². The highest BCUT2D eigenvalue weighted by atomic mass is 79.9. The van der Waals surface area contributed by atoms with Crippen LogP contribution in [0.25, 0.3) is 0 Å². The number of sulfone groups is 1. The summed E-state index contributed by atoms with van der Waals surface area (Å²) in [5.41, 5.74) is 0.919. The summed E-state index contributed by atoms with van der Waals surface area (Å²) in [6, 6.07) is 7.44. The Labute approximate surface area is 109 Å². The molecule has 0 fully saturated rings. The van der Waals surface area contributed by atoms with Crippen molar-refractivity contribution in [2.45, 2.75) is 18.7 Å². The van der Waals surface area contributed by atoms with Crippen molar-refractivity contribution in [1.82, 2.24) is 5.32 Å². The molecule has 0 bridgehead atoms. The highest BCUT2D eigenvalue weighted by molar-refractivity contribution is 9.10. The fourth-order valence-corrected chi connectivity index (χ4v) is 1.87. The number of hydrogen-bond acceptors (Lipinski definition) is 3. The van der Waals surface area contributed by atoms with Crippen LogP contribution in [-0.4, -0.2) is 25.8 Å². The predicted molar refractivity (Wildman–Crippen MR) is 70.3 cm³/mol. The molecule has 1 unspecified atom stereocenters. The van der Waals surface area contributed by atoms with Gasteiger partial charge in [-0.1, -0.05) is 28.1 Å². The second-order valence-corrected chi connectivity index (χ2v) is 7.10. The Morgan fingerprint density at radius 1 is 1.35 bits per heavy atom.